The maximum Gasteiger partial charge on any atom is 0.224 e. The zero-order valence-corrected chi connectivity index (χ0v) is 10.7. The van der Waals surface area contributed by atoms with Crippen molar-refractivity contribution < 1.29 is 4.79 Å². The number of aromatic nitrogens is 4. The Labute approximate surface area is 111 Å². The number of likely N-dealkylation sites (tertiary alicyclic amines) is 1. The van der Waals surface area contributed by atoms with Crippen LogP contribution in [-0.2, 0) is 11.3 Å². The lowest BCUT2D eigenvalue weighted by Crippen LogP contribution is -2.31. The van der Waals surface area contributed by atoms with Crippen LogP contribution in [0.3, 0.4) is 0 Å². The van der Waals surface area contributed by atoms with Crippen LogP contribution in [0.25, 0.3) is 0 Å². The van der Waals surface area contributed by atoms with Crippen LogP contribution in [0.4, 0.5) is 0 Å². The Kier molecular flexibility index (Phi) is 3.31. The lowest BCUT2D eigenvalue weighted by atomic mass is 10.1. The van der Waals surface area contributed by atoms with Gasteiger partial charge in [0.15, 0.2) is 0 Å². The molecule has 1 atom stereocenters. The molecule has 2 aromatic heterocycles. The highest BCUT2D eigenvalue weighted by atomic mass is 16.2. The van der Waals surface area contributed by atoms with E-state index in [1.807, 2.05) is 21.7 Å². The molecule has 1 aliphatic heterocycles. The molecule has 3 heterocycles. The van der Waals surface area contributed by atoms with Crippen LogP contribution in [0.5, 0.6) is 0 Å². The molecule has 0 aliphatic carbocycles. The van der Waals surface area contributed by atoms with Crippen molar-refractivity contribution in [2.24, 2.45) is 0 Å². The molecular weight excluding hydrogens is 242 g/mol. The lowest BCUT2D eigenvalue weighted by molar-refractivity contribution is -0.132. The predicted molar refractivity (Wildman–Crippen MR) is 69.1 cm³/mol. The van der Waals surface area contributed by atoms with Crippen molar-refractivity contribution in [2.75, 3.05) is 6.54 Å². The molecule has 1 unspecified atom stereocenters. The SMILES string of the molecule is O=C(CCn1ccnc1)N1CCCC1c1ccn[nH]1. The quantitative estimate of drug-likeness (QED) is 0.901. The van der Waals surface area contributed by atoms with E-state index >= 15 is 0 Å². The Morgan fingerprint density at radius 2 is 2.42 bits per heavy atom. The molecule has 1 aliphatic rings. The number of carbonyl (C=O) groups is 1. The molecule has 0 bridgehead atoms. The standard InChI is InChI=1S/C13H17N5O/c19-13(4-8-17-9-6-14-10-17)18-7-1-2-12(18)11-3-5-15-16-11/h3,5-6,9-10,12H,1-2,4,7-8H2,(H,15,16). The molecule has 6 nitrogen and oxygen atoms in total. The largest absolute Gasteiger partial charge is 0.337 e. The maximum atomic E-state index is 12.3. The Hall–Kier alpha value is -2.11. The summed E-state index contributed by atoms with van der Waals surface area (Å²) in [5.41, 5.74) is 1.04. The van der Waals surface area contributed by atoms with Gasteiger partial charge in [0.2, 0.25) is 5.91 Å². The molecule has 2 aromatic rings. The fourth-order valence-corrected chi connectivity index (χ4v) is 2.63. The van der Waals surface area contributed by atoms with Gasteiger partial charge in [-0.1, -0.05) is 0 Å². The van der Waals surface area contributed by atoms with Crippen molar-refractivity contribution in [1.82, 2.24) is 24.6 Å². The summed E-state index contributed by atoms with van der Waals surface area (Å²) in [4.78, 5) is 18.2. The highest BCUT2D eigenvalue weighted by Gasteiger charge is 2.30. The number of H-pyrrole nitrogens is 1. The first-order chi connectivity index (χ1) is 9.34. The summed E-state index contributed by atoms with van der Waals surface area (Å²) in [6.45, 7) is 1.53. The van der Waals surface area contributed by atoms with Gasteiger partial charge in [-0.05, 0) is 18.9 Å². The average Bonchev–Trinajstić information content (AvgIpc) is 3.14. The van der Waals surface area contributed by atoms with Crippen LogP contribution in [0, 0.1) is 0 Å². The van der Waals surface area contributed by atoms with Crippen molar-refractivity contribution in [1.29, 1.82) is 0 Å². The second-order valence-electron chi connectivity index (χ2n) is 4.81. The monoisotopic (exact) mass is 259 g/mol. The van der Waals surface area contributed by atoms with Gasteiger partial charge in [0.1, 0.15) is 0 Å². The summed E-state index contributed by atoms with van der Waals surface area (Å²) in [6.07, 6.45) is 9.67. The maximum absolute atomic E-state index is 12.3. The fraction of sp³-hybridized carbons (Fsp3) is 0.462. The summed E-state index contributed by atoms with van der Waals surface area (Å²) < 4.78 is 1.93. The number of aryl methyl sites for hydroxylation is 1. The van der Waals surface area contributed by atoms with Crippen LogP contribution in [0.1, 0.15) is 31.0 Å². The van der Waals surface area contributed by atoms with Crippen LogP contribution >= 0.6 is 0 Å². The molecule has 6 heteroatoms. The topological polar surface area (TPSA) is 66.8 Å². The number of nitrogens with one attached hydrogen (secondary N) is 1. The summed E-state index contributed by atoms with van der Waals surface area (Å²) in [7, 11) is 0. The first-order valence-electron chi connectivity index (χ1n) is 6.59. The van der Waals surface area contributed by atoms with Gasteiger partial charge < -0.3 is 9.47 Å². The number of aromatic amines is 1. The summed E-state index contributed by atoms with van der Waals surface area (Å²) in [6, 6.07) is 2.12. The highest BCUT2D eigenvalue weighted by Crippen LogP contribution is 2.30. The molecule has 1 N–H and O–H groups in total. The minimum Gasteiger partial charge on any atom is -0.337 e. The Morgan fingerprint density at radius 3 is 3.16 bits per heavy atom. The van der Waals surface area contributed by atoms with Gasteiger partial charge in [0.05, 0.1) is 18.1 Å². The number of rotatable bonds is 4. The Morgan fingerprint density at radius 1 is 1.47 bits per heavy atom. The smallest absolute Gasteiger partial charge is 0.224 e. The van der Waals surface area contributed by atoms with Gasteiger partial charge in [0, 0.05) is 38.1 Å². The number of amides is 1. The highest BCUT2D eigenvalue weighted by molar-refractivity contribution is 5.76. The molecule has 1 fully saturated rings. The van der Waals surface area contributed by atoms with Crippen molar-refractivity contribution in [3.63, 3.8) is 0 Å². The number of carbonyl (C=O) groups excluding carboxylic acids is 1. The van der Waals surface area contributed by atoms with E-state index in [4.69, 9.17) is 0 Å². The second-order valence-corrected chi connectivity index (χ2v) is 4.81. The van der Waals surface area contributed by atoms with E-state index in [2.05, 4.69) is 15.2 Å². The van der Waals surface area contributed by atoms with E-state index in [0.717, 1.165) is 25.1 Å². The predicted octanol–water partition coefficient (Wildman–Crippen LogP) is 1.36. The minimum absolute atomic E-state index is 0.165. The minimum atomic E-state index is 0.165. The average molecular weight is 259 g/mol. The molecular formula is C13H17N5O. The van der Waals surface area contributed by atoms with E-state index in [-0.39, 0.29) is 11.9 Å². The van der Waals surface area contributed by atoms with Gasteiger partial charge in [-0.15, -0.1) is 0 Å². The lowest BCUT2D eigenvalue weighted by Gasteiger charge is -2.23. The van der Waals surface area contributed by atoms with Gasteiger partial charge in [-0.3, -0.25) is 9.89 Å². The fourth-order valence-electron chi connectivity index (χ4n) is 2.63. The van der Waals surface area contributed by atoms with Crippen LogP contribution in [0.2, 0.25) is 0 Å². The molecule has 1 saturated heterocycles. The number of nitrogens with zero attached hydrogens (tertiary/aromatic N) is 4. The van der Waals surface area contributed by atoms with Crippen LogP contribution < -0.4 is 0 Å². The molecule has 1 amide bonds. The van der Waals surface area contributed by atoms with Crippen molar-refractivity contribution in [3.05, 3.63) is 36.7 Å². The van der Waals surface area contributed by atoms with E-state index in [9.17, 15) is 4.79 Å². The zero-order chi connectivity index (χ0) is 13.1. The second kappa shape index (κ2) is 5.26. The van der Waals surface area contributed by atoms with Crippen LogP contribution in [0.15, 0.2) is 31.0 Å². The zero-order valence-electron chi connectivity index (χ0n) is 10.7. The van der Waals surface area contributed by atoms with E-state index in [0.29, 0.717) is 13.0 Å². The van der Waals surface area contributed by atoms with Gasteiger partial charge in [0.25, 0.3) is 0 Å². The third kappa shape index (κ3) is 2.52. The van der Waals surface area contributed by atoms with E-state index < -0.39 is 0 Å². The summed E-state index contributed by atoms with van der Waals surface area (Å²) in [5.74, 6) is 0.200. The first-order valence-corrected chi connectivity index (χ1v) is 6.59. The molecule has 100 valence electrons. The van der Waals surface area contributed by atoms with Crippen molar-refractivity contribution >= 4 is 5.91 Å². The third-order valence-corrected chi connectivity index (χ3v) is 3.60. The van der Waals surface area contributed by atoms with E-state index in [1.54, 1.807) is 18.7 Å². The van der Waals surface area contributed by atoms with Crippen molar-refractivity contribution in [2.45, 2.75) is 31.8 Å². The summed E-state index contributed by atoms with van der Waals surface area (Å²) in [5, 5.41) is 6.95. The first kappa shape index (κ1) is 12.0. The molecule has 0 aromatic carbocycles. The van der Waals surface area contributed by atoms with E-state index in [1.165, 1.54) is 0 Å². The van der Waals surface area contributed by atoms with Gasteiger partial charge in [-0.2, -0.15) is 5.10 Å². The molecule has 0 radical (unpaired) electrons. The van der Waals surface area contributed by atoms with Gasteiger partial charge in [-0.25, -0.2) is 4.98 Å². The molecule has 3 rings (SSSR count). The van der Waals surface area contributed by atoms with Crippen molar-refractivity contribution in [3.8, 4) is 0 Å². The third-order valence-electron chi connectivity index (χ3n) is 3.60. The number of hydrogen-bond acceptors (Lipinski definition) is 3. The van der Waals surface area contributed by atoms with Gasteiger partial charge >= 0.3 is 0 Å². The normalized spacial score (nSPS) is 18.9. The molecule has 0 spiro atoms. The number of imidazole rings is 1. The number of hydrogen-bond donors (Lipinski definition) is 1. The van der Waals surface area contributed by atoms with Crippen LogP contribution in [-0.4, -0.2) is 37.1 Å². The Balaban J connectivity index is 1.62. The molecule has 0 saturated carbocycles. The Bertz CT molecular complexity index is 519. The molecule has 19 heavy (non-hydrogen) atoms. The summed E-state index contributed by atoms with van der Waals surface area (Å²) >= 11 is 0.